The number of aromatic nitrogens is 6. The van der Waals surface area contributed by atoms with Crippen LogP contribution < -0.4 is 14.2 Å². The van der Waals surface area contributed by atoms with Gasteiger partial charge in [0.1, 0.15) is 67.7 Å². The van der Waals surface area contributed by atoms with E-state index in [0.717, 1.165) is 63.4 Å². The van der Waals surface area contributed by atoms with Crippen LogP contribution in [0.25, 0.3) is 0 Å². The predicted octanol–water partition coefficient (Wildman–Crippen LogP) is 10.1. The number of hydrogen-bond acceptors (Lipinski definition) is 18. The molecule has 19 heteroatoms. The van der Waals surface area contributed by atoms with Crippen molar-refractivity contribution < 1.29 is 47.2 Å². The zero-order chi connectivity index (χ0) is 51.1. The minimum atomic E-state index is -0.352. The molecule has 0 N–H and O–H groups in total. The SMILES string of the molecule is Cc1cc(O[C@H]2CO[C@H](C)C2)cc(C(=O)Cc2nc(C)c(F)s2)n1.Cc1cc(O[C@H]2CO[C@H](C)C2)cc(C(=O)Cc2nc(C)cs2)n1.Cc1cc(O[C@H]2CO[C@H](C)C2)cc(C(=O)Cc2nc(C3CC3)cs2)n1. The lowest BCUT2D eigenvalue weighted by Gasteiger charge is -2.13. The highest BCUT2D eigenvalue weighted by atomic mass is 32.1. The number of ketones is 3. The zero-order valence-corrected chi connectivity index (χ0v) is 44.3. The average Bonchev–Trinajstić information content (AvgIpc) is 3.88. The van der Waals surface area contributed by atoms with Crippen molar-refractivity contribution in [2.24, 2.45) is 0 Å². The molecular formula is C53H61FN6O9S3. The maximum atomic E-state index is 13.4. The summed E-state index contributed by atoms with van der Waals surface area (Å²) in [4.78, 5) is 63.5. The van der Waals surface area contributed by atoms with Crippen LogP contribution in [0.4, 0.5) is 4.39 Å². The lowest BCUT2D eigenvalue weighted by Crippen LogP contribution is -2.17. The third-order valence-electron chi connectivity index (χ3n) is 12.0. The summed E-state index contributed by atoms with van der Waals surface area (Å²) in [7, 11) is 0. The first-order valence-electron chi connectivity index (χ1n) is 24.3. The largest absolute Gasteiger partial charge is 0.488 e. The van der Waals surface area contributed by atoms with Crippen LogP contribution in [0.1, 0.15) is 139 Å². The normalized spacial score (nSPS) is 21.3. The van der Waals surface area contributed by atoms with E-state index in [1.54, 1.807) is 42.5 Å². The number of rotatable bonds is 16. The van der Waals surface area contributed by atoms with E-state index in [1.807, 2.05) is 66.0 Å². The number of Topliss-reactive ketones (excluding diaryl/α,β-unsaturated/α-hetero) is 3. The Labute approximate surface area is 431 Å². The molecule has 0 aromatic carbocycles. The first-order chi connectivity index (χ1) is 34.5. The maximum absolute atomic E-state index is 13.4. The Balaban J connectivity index is 0.000000145. The maximum Gasteiger partial charge on any atom is 0.199 e. The van der Waals surface area contributed by atoms with Crippen LogP contribution >= 0.6 is 34.0 Å². The average molecular weight is 1040 g/mol. The molecule has 9 heterocycles. The van der Waals surface area contributed by atoms with Gasteiger partial charge in [0.2, 0.25) is 0 Å². The number of nitrogens with zero attached hydrogens (tertiary/aromatic N) is 6. The zero-order valence-electron chi connectivity index (χ0n) is 41.9. The number of aryl methyl sites for hydroxylation is 5. The third-order valence-corrected chi connectivity index (χ3v) is 14.8. The molecule has 6 aromatic rings. The van der Waals surface area contributed by atoms with Crippen LogP contribution in [-0.4, -0.2) is 104 Å². The van der Waals surface area contributed by atoms with Gasteiger partial charge in [-0.1, -0.05) is 11.3 Å². The summed E-state index contributed by atoms with van der Waals surface area (Å²) in [6.45, 7) is 16.9. The highest BCUT2D eigenvalue weighted by Gasteiger charge is 2.29. The number of carbonyl (C=O) groups excluding carboxylic acids is 3. The summed E-state index contributed by atoms with van der Waals surface area (Å²) in [5.41, 5.74) is 5.84. The van der Waals surface area contributed by atoms with E-state index >= 15 is 0 Å². The van der Waals surface area contributed by atoms with Gasteiger partial charge in [-0.15, -0.1) is 22.7 Å². The fourth-order valence-corrected chi connectivity index (χ4v) is 10.8. The summed E-state index contributed by atoms with van der Waals surface area (Å²) in [6.07, 6.45) is 6.31. The molecule has 1 aliphatic carbocycles. The summed E-state index contributed by atoms with van der Waals surface area (Å²) in [6, 6.07) is 10.6. The monoisotopic (exact) mass is 1040 g/mol. The van der Waals surface area contributed by atoms with Crippen molar-refractivity contribution in [2.45, 2.75) is 149 Å². The van der Waals surface area contributed by atoms with Crippen molar-refractivity contribution in [3.63, 3.8) is 0 Å². The molecule has 10 rings (SSSR count). The van der Waals surface area contributed by atoms with Crippen LogP contribution in [0.5, 0.6) is 17.2 Å². The van der Waals surface area contributed by atoms with Crippen molar-refractivity contribution in [1.82, 2.24) is 29.9 Å². The first kappa shape index (κ1) is 52.9. The summed E-state index contributed by atoms with van der Waals surface area (Å²) in [5, 5.41) is 5.82. The molecule has 72 heavy (non-hydrogen) atoms. The number of pyridine rings is 3. The fraction of sp³-hybridized carbons (Fsp3) is 0.491. The molecular weight excluding hydrogens is 980 g/mol. The second-order valence-electron chi connectivity index (χ2n) is 18.9. The van der Waals surface area contributed by atoms with Gasteiger partial charge in [-0.05, 0) is 68.2 Å². The topological polar surface area (TPSA) is 184 Å². The molecule has 0 spiro atoms. The van der Waals surface area contributed by atoms with Crippen molar-refractivity contribution in [3.8, 4) is 17.2 Å². The van der Waals surface area contributed by atoms with Crippen LogP contribution in [0, 0.1) is 39.7 Å². The van der Waals surface area contributed by atoms with Gasteiger partial charge >= 0.3 is 0 Å². The van der Waals surface area contributed by atoms with E-state index in [4.69, 9.17) is 28.4 Å². The van der Waals surface area contributed by atoms with E-state index in [0.29, 0.717) is 82.9 Å². The molecule has 0 unspecified atom stereocenters. The lowest BCUT2D eigenvalue weighted by atomic mass is 10.1. The Kier molecular flexibility index (Phi) is 17.7. The Bertz CT molecular complexity index is 2850. The molecule has 15 nitrogen and oxygen atoms in total. The fourth-order valence-electron chi connectivity index (χ4n) is 8.35. The Morgan fingerprint density at radius 3 is 1.29 bits per heavy atom. The summed E-state index contributed by atoms with van der Waals surface area (Å²) in [5.74, 6) is 2.34. The molecule has 382 valence electrons. The Morgan fingerprint density at radius 2 is 0.944 bits per heavy atom. The van der Waals surface area contributed by atoms with Crippen LogP contribution in [0.3, 0.4) is 0 Å². The highest BCUT2D eigenvalue weighted by molar-refractivity contribution is 7.10. The molecule has 0 amide bonds. The van der Waals surface area contributed by atoms with Crippen molar-refractivity contribution in [1.29, 1.82) is 0 Å². The Morgan fingerprint density at radius 1 is 0.542 bits per heavy atom. The smallest absolute Gasteiger partial charge is 0.199 e. The number of hydrogen-bond donors (Lipinski definition) is 0. The highest BCUT2D eigenvalue weighted by Crippen LogP contribution is 2.40. The lowest BCUT2D eigenvalue weighted by molar-refractivity contribution is 0.0976. The summed E-state index contributed by atoms with van der Waals surface area (Å²) < 4.78 is 47.7. The predicted molar refractivity (Wildman–Crippen MR) is 272 cm³/mol. The second kappa shape index (κ2) is 24.1. The number of carbonyl (C=O) groups is 3. The Hall–Kier alpha value is -5.44. The molecule has 0 bridgehead atoms. The number of ether oxygens (including phenoxy) is 6. The standard InChI is InChI=1S/C19H22N2O3S.C17H19FN2O3S.C17H20N2O3S/c1-11-5-14(24-15-6-12(2)23-9-15)7-16(20-11)18(22)8-19-21-17(10-25-19)13-3-4-13;1-9-4-12(23-13-5-10(2)22-8-13)6-14(19-9)15(21)7-16-20-11(3)17(18)24-16;1-10-4-13(22-14-5-12(3)21-8-14)6-15(18-10)16(20)7-17-19-11(2)9-23-17/h5,7,10,12-13,15H,3-4,6,8-9H2,1-2H3;4,6,10,13H,5,7-8H2,1-3H3;4,6,9,12,14H,5,7-8H2,1-3H3/t12-,15-;10-,13-;12-,14-/m111/s1. The number of halogens is 1. The van der Waals surface area contributed by atoms with Gasteiger partial charge < -0.3 is 28.4 Å². The van der Waals surface area contributed by atoms with Gasteiger partial charge in [-0.3, -0.25) is 14.4 Å². The minimum absolute atomic E-state index is 0.0127. The van der Waals surface area contributed by atoms with Crippen molar-refractivity contribution in [2.75, 3.05) is 19.8 Å². The second-order valence-corrected chi connectivity index (χ2v) is 21.9. The molecule has 6 aromatic heterocycles. The van der Waals surface area contributed by atoms with Gasteiger partial charge in [-0.2, -0.15) is 4.39 Å². The van der Waals surface area contributed by atoms with Crippen LogP contribution in [-0.2, 0) is 33.5 Å². The van der Waals surface area contributed by atoms with Gasteiger partial charge in [0.15, 0.2) is 22.5 Å². The van der Waals surface area contributed by atoms with Gasteiger partial charge in [0, 0.05) is 95.1 Å². The quantitative estimate of drug-likeness (QED) is 0.0834. The van der Waals surface area contributed by atoms with Gasteiger partial charge in [0.25, 0.3) is 0 Å². The van der Waals surface area contributed by atoms with Crippen LogP contribution in [0.15, 0.2) is 47.2 Å². The van der Waals surface area contributed by atoms with Crippen molar-refractivity contribution in [3.05, 3.63) is 119 Å². The first-order valence-corrected chi connectivity index (χ1v) is 26.9. The third kappa shape index (κ3) is 15.3. The van der Waals surface area contributed by atoms with Gasteiger partial charge in [-0.25, -0.2) is 29.9 Å². The van der Waals surface area contributed by atoms with Crippen molar-refractivity contribution >= 4 is 51.4 Å². The molecule has 6 atom stereocenters. The van der Waals surface area contributed by atoms with E-state index in [1.165, 1.54) is 24.2 Å². The van der Waals surface area contributed by atoms with E-state index in [-0.39, 0.29) is 71.9 Å². The summed E-state index contributed by atoms with van der Waals surface area (Å²) >= 11 is 3.97. The molecule has 4 fully saturated rings. The minimum Gasteiger partial charge on any atom is -0.488 e. The van der Waals surface area contributed by atoms with Gasteiger partial charge in [0.05, 0.1) is 68.8 Å². The molecule has 3 saturated heterocycles. The van der Waals surface area contributed by atoms with Crippen LogP contribution in [0.2, 0.25) is 0 Å². The molecule has 0 radical (unpaired) electrons. The van der Waals surface area contributed by atoms with E-state index in [2.05, 4.69) is 35.3 Å². The molecule has 1 saturated carbocycles. The molecule has 3 aliphatic heterocycles. The molecule has 4 aliphatic rings. The van der Waals surface area contributed by atoms with E-state index in [9.17, 15) is 18.8 Å². The van der Waals surface area contributed by atoms with E-state index < -0.39 is 0 Å². The number of thiazole rings is 3.